The fourth-order valence-corrected chi connectivity index (χ4v) is 4.42. The Hall–Kier alpha value is -2.58. The van der Waals surface area contributed by atoms with E-state index in [1.807, 2.05) is 30.3 Å². The zero-order valence-corrected chi connectivity index (χ0v) is 15.3. The first kappa shape index (κ1) is 18.8. The molecule has 1 atom stereocenters. The van der Waals surface area contributed by atoms with Crippen molar-refractivity contribution in [2.75, 3.05) is 13.1 Å². The summed E-state index contributed by atoms with van der Waals surface area (Å²) in [5, 5.41) is 6.96. The summed E-state index contributed by atoms with van der Waals surface area (Å²) in [7, 11) is 0. The van der Waals surface area contributed by atoms with Gasteiger partial charge in [0.25, 0.3) is 0 Å². The van der Waals surface area contributed by atoms with Crippen LogP contribution in [-0.2, 0) is 6.54 Å². The summed E-state index contributed by atoms with van der Waals surface area (Å²) in [5.41, 5.74) is 0.0152. The number of aromatic nitrogens is 3. The van der Waals surface area contributed by atoms with Gasteiger partial charge in [0, 0.05) is 13.1 Å². The van der Waals surface area contributed by atoms with Crippen LogP contribution in [0.1, 0.15) is 31.5 Å². The number of carbonyl (C=O) groups excluding carboxylic acids is 1. The number of halogens is 3. The third-order valence-corrected chi connectivity index (χ3v) is 5.98. The molecule has 9 heteroatoms. The Morgan fingerprint density at radius 2 is 2.00 bits per heavy atom. The molecule has 2 aliphatic rings. The molecule has 0 radical (unpaired) electrons. The highest BCUT2D eigenvalue weighted by molar-refractivity contribution is 5.74. The van der Waals surface area contributed by atoms with E-state index in [0.29, 0.717) is 18.7 Å². The van der Waals surface area contributed by atoms with Crippen molar-refractivity contribution in [3.63, 3.8) is 0 Å². The SMILES string of the molecule is O=C(NCc1ncnn1-c1ccccc1)N1CCC(C(F)(F)F)C2(CCC2)C1. The number of alkyl halides is 3. The molecule has 1 N–H and O–H groups in total. The van der Waals surface area contributed by atoms with Crippen molar-refractivity contribution >= 4 is 6.03 Å². The molecule has 1 saturated heterocycles. The molecular weight excluding hydrogens is 371 g/mol. The maximum atomic E-state index is 13.4. The standard InChI is InChI=1S/C19H22F3N5O/c20-19(21,22)15-7-10-26(12-18(15)8-4-9-18)17(28)23-11-16-24-13-25-27(16)14-5-2-1-3-6-14/h1-3,5-6,13,15H,4,7-12H2,(H,23,28). The van der Waals surface area contributed by atoms with E-state index in [4.69, 9.17) is 0 Å². The highest BCUT2D eigenvalue weighted by atomic mass is 19.4. The third kappa shape index (κ3) is 3.45. The predicted molar refractivity (Wildman–Crippen MR) is 95.6 cm³/mol. The Bertz CT molecular complexity index is 832. The average molecular weight is 393 g/mol. The van der Waals surface area contributed by atoms with Crippen LogP contribution in [-0.4, -0.2) is 45.0 Å². The van der Waals surface area contributed by atoms with E-state index < -0.39 is 17.5 Å². The Balaban J connectivity index is 1.40. The van der Waals surface area contributed by atoms with Crippen LogP contribution in [0.4, 0.5) is 18.0 Å². The van der Waals surface area contributed by atoms with E-state index in [1.54, 1.807) is 4.68 Å². The first-order valence-corrected chi connectivity index (χ1v) is 9.43. The number of hydrogen-bond acceptors (Lipinski definition) is 3. The average Bonchev–Trinajstić information content (AvgIpc) is 3.13. The second-order valence-corrected chi connectivity index (χ2v) is 7.60. The molecule has 2 amide bonds. The summed E-state index contributed by atoms with van der Waals surface area (Å²) in [5.74, 6) is -0.748. The number of likely N-dealkylation sites (tertiary alicyclic amines) is 1. The minimum Gasteiger partial charge on any atom is -0.331 e. The van der Waals surface area contributed by atoms with Gasteiger partial charge in [-0.1, -0.05) is 24.6 Å². The normalized spacial score (nSPS) is 21.4. The van der Waals surface area contributed by atoms with E-state index in [2.05, 4.69) is 15.4 Å². The molecule has 150 valence electrons. The quantitative estimate of drug-likeness (QED) is 0.868. The van der Waals surface area contributed by atoms with E-state index in [1.165, 1.54) is 11.2 Å². The van der Waals surface area contributed by atoms with Crippen molar-refractivity contribution in [1.29, 1.82) is 0 Å². The summed E-state index contributed by atoms with van der Waals surface area (Å²) < 4.78 is 41.8. The second-order valence-electron chi connectivity index (χ2n) is 7.60. The maximum Gasteiger partial charge on any atom is 0.392 e. The number of nitrogens with one attached hydrogen (secondary N) is 1. The first-order valence-electron chi connectivity index (χ1n) is 9.43. The number of nitrogens with zero attached hydrogens (tertiary/aromatic N) is 4. The van der Waals surface area contributed by atoms with Gasteiger partial charge in [-0.25, -0.2) is 14.5 Å². The van der Waals surface area contributed by atoms with Crippen molar-refractivity contribution in [3.05, 3.63) is 42.5 Å². The maximum absolute atomic E-state index is 13.4. The lowest BCUT2D eigenvalue weighted by atomic mass is 9.58. The third-order valence-electron chi connectivity index (χ3n) is 5.98. The lowest BCUT2D eigenvalue weighted by molar-refractivity contribution is -0.235. The number of benzene rings is 1. The van der Waals surface area contributed by atoms with Crippen molar-refractivity contribution in [1.82, 2.24) is 25.0 Å². The van der Waals surface area contributed by atoms with Gasteiger partial charge in [0.05, 0.1) is 18.2 Å². The highest BCUT2D eigenvalue weighted by Crippen LogP contribution is 2.56. The van der Waals surface area contributed by atoms with E-state index in [0.717, 1.165) is 12.1 Å². The van der Waals surface area contributed by atoms with Gasteiger partial charge in [0.15, 0.2) is 5.82 Å². The molecule has 2 aromatic rings. The Labute approximate surface area is 160 Å². The molecular formula is C19H22F3N5O. The zero-order chi connectivity index (χ0) is 19.8. The lowest BCUT2D eigenvalue weighted by Gasteiger charge is -2.54. The van der Waals surface area contributed by atoms with Crippen LogP contribution in [0.5, 0.6) is 0 Å². The number of hydrogen-bond donors (Lipinski definition) is 1. The van der Waals surface area contributed by atoms with Crippen LogP contribution >= 0.6 is 0 Å². The lowest BCUT2D eigenvalue weighted by Crippen LogP contribution is -2.59. The molecule has 1 aliphatic heterocycles. The van der Waals surface area contributed by atoms with Crippen LogP contribution < -0.4 is 5.32 Å². The molecule has 1 unspecified atom stereocenters. The van der Waals surface area contributed by atoms with Gasteiger partial charge in [-0.05, 0) is 36.8 Å². The van der Waals surface area contributed by atoms with Crippen LogP contribution in [0.2, 0.25) is 0 Å². The summed E-state index contributed by atoms with van der Waals surface area (Å²) in [4.78, 5) is 18.3. The number of urea groups is 1. The minimum absolute atomic E-state index is 0.0306. The number of rotatable bonds is 3. The number of amides is 2. The fourth-order valence-electron chi connectivity index (χ4n) is 4.42. The fraction of sp³-hybridized carbons (Fsp3) is 0.526. The Kier molecular flexibility index (Phi) is 4.76. The van der Waals surface area contributed by atoms with Crippen LogP contribution in [0.25, 0.3) is 5.69 Å². The summed E-state index contributed by atoms with van der Waals surface area (Å²) in [6.07, 6.45) is -0.965. The molecule has 28 heavy (non-hydrogen) atoms. The molecule has 1 spiro atoms. The Morgan fingerprint density at radius 3 is 2.64 bits per heavy atom. The van der Waals surface area contributed by atoms with Crippen LogP contribution in [0.15, 0.2) is 36.7 Å². The summed E-state index contributed by atoms with van der Waals surface area (Å²) >= 11 is 0. The second kappa shape index (κ2) is 7.10. The Morgan fingerprint density at radius 1 is 1.25 bits per heavy atom. The molecule has 1 aromatic heterocycles. The smallest absolute Gasteiger partial charge is 0.331 e. The largest absolute Gasteiger partial charge is 0.392 e. The molecule has 1 aromatic carbocycles. The van der Waals surface area contributed by atoms with Crippen molar-refractivity contribution < 1.29 is 18.0 Å². The van der Waals surface area contributed by atoms with Crippen LogP contribution in [0, 0.1) is 11.3 Å². The van der Waals surface area contributed by atoms with Crippen molar-refractivity contribution in [3.8, 4) is 5.69 Å². The van der Waals surface area contributed by atoms with Gasteiger partial charge in [0.2, 0.25) is 0 Å². The van der Waals surface area contributed by atoms with E-state index in [-0.39, 0.29) is 32.1 Å². The monoisotopic (exact) mass is 393 g/mol. The minimum atomic E-state index is -4.20. The van der Waals surface area contributed by atoms with Gasteiger partial charge in [-0.2, -0.15) is 18.3 Å². The van der Waals surface area contributed by atoms with Gasteiger partial charge in [0.1, 0.15) is 6.33 Å². The molecule has 1 saturated carbocycles. The van der Waals surface area contributed by atoms with Gasteiger partial charge in [-0.3, -0.25) is 0 Å². The molecule has 6 nitrogen and oxygen atoms in total. The van der Waals surface area contributed by atoms with Crippen LogP contribution in [0.3, 0.4) is 0 Å². The van der Waals surface area contributed by atoms with Crippen molar-refractivity contribution in [2.24, 2.45) is 11.3 Å². The predicted octanol–water partition coefficient (Wildman–Crippen LogP) is 3.53. The molecule has 2 fully saturated rings. The number of piperidine rings is 1. The van der Waals surface area contributed by atoms with Gasteiger partial charge in [-0.15, -0.1) is 0 Å². The molecule has 2 heterocycles. The van der Waals surface area contributed by atoms with Gasteiger partial charge < -0.3 is 10.2 Å². The first-order chi connectivity index (χ1) is 13.4. The zero-order valence-electron chi connectivity index (χ0n) is 15.3. The highest BCUT2D eigenvalue weighted by Gasteiger charge is 2.58. The molecule has 0 bridgehead atoms. The van der Waals surface area contributed by atoms with Crippen molar-refractivity contribution in [2.45, 2.75) is 38.4 Å². The molecule has 1 aliphatic carbocycles. The van der Waals surface area contributed by atoms with Gasteiger partial charge >= 0.3 is 12.2 Å². The van der Waals surface area contributed by atoms with E-state index >= 15 is 0 Å². The number of para-hydroxylation sites is 1. The summed E-state index contributed by atoms with van der Waals surface area (Å²) in [6.45, 7) is 0.428. The topological polar surface area (TPSA) is 63.1 Å². The number of carbonyl (C=O) groups is 1. The molecule has 4 rings (SSSR count). The van der Waals surface area contributed by atoms with E-state index in [9.17, 15) is 18.0 Å². The summed E-state index contributed by atoms with van der Waals surface area (Å²) in [6, 6.07) is 9.05.